The first kappa shape index (κ1) is 14.5. The van der Waals surface area contributed by atoms with Gasteiger partial charge in [-0.25, -0.2) is 0 Å². The van der Waals surface area contributed by atoms with Crippen molar-refractivity contribution >= 4 is 5.91 Å². The Kier molecular flexibility index (Phi) is 5.92. The molecule has 0 spiro atoms. The minimum Gasteiger partial charge on any atom is -0.393 e. The van der Waals surface area contributed by atoms with E-state index < -0.39 is 0 Å². The molecule has 100 valence electrons. The van der Waals surface area contributed by atoms with E-state index in [2.05, 4.69) is 24.1 Å². The number of hydrogen-bond donors (Lipinski definition) is 2. The summed E-state index contributed by atoms with van der Waals surface area (Å²) in [7, 11) is 2.00. The van der Waals surface area contributed by atoms with Gasteiger partial charge in [0.15, 0.2) is 0 Å². The number of aliphatic hydroxyl groups excluding tert-OH is 1. The molecular weight excluding hydrogens is 216 g/mol. The highest BCUT2D eigenvalue weighted by Crippen LogP contribution is 2.21. The molecule has 1 aliphatic rings. The molecule has 0 unspecified atom stereocenters. The Morgan fingerprint density at radius 3 is 2.47 bits per heavy atom. The van der Waals surface area contributed by atoms with Gasteiger partial charge < -0.3 is 10.4 Å². The van der Waals surface area contributed by atoms with Gasteiger partial charge in [-0.3, -0.25) is 9.69 Å². The van der Waals surface area contributed by atoms with Gasteiger partial charge in [-0.1, -0.05) is 13.8 Å². The molecule has 1 fully saturated rings. The van der Waals surface area contributed by atoms with Crippen LogP contribution in [-0.4, -0.2) is 48.2 Å². The lowest BCUT2D eigenvalue weighted by Crippen LogP contribution is -2.43. The van der Waals surface area contributed by atoms with Crippen molar-refractivity contribution in [2.75, 3.05) is 20.1 Å². The summed E-state index contributed by atoms with van der Waals surface area (Å²) >= 11 is 0. The second kappa shape index (κ2) is 6.97. The number of hydrogen-bond acceptors (Lipinski definition) is 3. The summed E-state index contributed by atoms with van der Waals surface area (Å²) < 4.78 is 0. The van der Waals surface area contributed by atoms with Gasteiger partial charge in [0, 0.05) is 12.6 Å². The second-order valence-electron chi connectivity index (χ2n) is 5.58. The summed E-state index contributed by atoms with van der Waals surface area (Å²) in [5.74, 6) is 0.599. The van der Waals surface area contributed by atoms with E-state index in [9.17, 15) is 9.90 Å². The maximum atomic E-state index is 11.7. The highest BCUT2D eigenvalue weighted by atomic mass is 16.3. The normalized spacial score (nSPS) is 25.3. The first-order valence-electron chi connectivity index (χ1n) is 6.64. The SMILES string of the molecule is CC(C)CNC(=O)CN(C)C1CCC(O)CC1. The lowest BCUT2D eigenvalue weighted by molar-refractivity contribution is -0.122. The Labute approximate surface area is 104 Å². The monoisotopic (exact) mass is 242 g/mol. The van der Waals surface area contributed by atoms with Gasteiger partial charge in [0.25, 0.3) is 0 Å². The van der Waals surface area contributed by atoms with Gasteiger partial charge in [0.1, 0.15) is 0 Å². The molecule has 0 aromatic rings. The van der Waals surface area contributed by atoms with E-state index >= 15 is 0 Å². The zero-order valence-corrected chi connectivity index (χ0v) is 11.3. The smallest absolute Gasteiger partial charge is 0.234 e. The molecule has 0 aliphatic heterocycles. The van der Waals surface area contributed by atoms with Crippen molar-refractivity contribution in [3.8, 4) is 0 Å². The Bertz CT molecular complexity index is 236. The number of nitrogens with one attached hydrogen (secondary N) is 1. The third-order valence-corrected chi connectivity index (χ3v) is 3.39. The van der Waals surface area contributed by atoms with E-state index in [-0.39, 0.29) is 12.0 Å². The molecule has 0 aromatic heterocycles. The van der Waals surface area contributed by atoms with Gasteiger partial charge >= 0.3 is 0 Å². The summed E-state index contributed by atoms with van der Waals surface area (Å²) in [6.45, 7) is 5.39. The Hall–Kier alpha value is -0.610. The average Bonchev–Trinajstić information content (AvgIpc) is 2.27. The predicted octanol–water partition coefficient (Wildman–Crippen LogP) is 0.994. The number of rotatable bonds is 5. The summed E-state index contributed by atoms with van der Waals surface area (Å²) in [4.78, 5) is 13.8. The number of nitrogens with zero attached hydrogens (tertiary/aromatic N) is 1. The van der Waals surface area contributed by atoms with E-state index in [0.29, 0.717) is 18.5 Å². The van der Waals surface area contributed by atoms with E-state index in [1.165, 1.54) is 0 Å². The first-order valence-corrected chi connectivity index (χ1v) is 6.64. The topological polar surface area (TPSA) is 52.6 Å². The van der Waals surface area contributed by atoms with Gasteiger partial charge in [0.05, 0.1) is 12.6 Å². The molecule has 1 amide bonds. The van der Waals surface area contributed by atoms with Crippen LogP contribution >= 0.6 is 0 Å². The minimum absolute atomic E-state index is 0.104. The number of carbonyl (C=O) groups excluding carboxylic acids is 1. The molecule has 0 radical (unpaired) electrons. The fourth-order valence-corrected chi connectivity index (χ4v) is 2.23. The van der Waals surface area contributed by atoms with Crippen LogP contribution in [0.3, 0.4) is 0 Å². The molecular formula is C13H26N2O2. The molecule has 0 heterocycles. The number of likely N-dealkylation sites (N-methyl/N-ethyl adjacent to an activating group) is 1. The van der Waals surface area contributed by atoms with E-state index in [1.54, 1.807) is 0 Å². The van der Waals surface area contributed by atoms with Crippen molar-refractivity contribution in [2.45, 2.75) is 51.7 Å². The van der Waals surface area contributed by atoms with Gasteiger partial charge in [-0.2, -0.15) is 0 Å². The third-order valence-electron chi connectivity index (χ3n) is 3.39. The van der Waals surface area contributed by atoms with Crippen LogP contribution in [0.2, 0.25) is 0 Å². The molecule has 0 aromatic carbocycles. The maximum absolute atomic E-state index is 11.7. The fraction of sp³-hybridized carbons (Fsp3) is 0.923. The molecule has 2 N–H and O–H groups in total. The molecule has 1 rings (SSSR count). The molecule has 0 atom stereocenters. The molecule has 0 saturated heterocycles. The van der Waals surface area contributed by atoms with Crippen LogP contribution < -0.4 is 5.32 Å². The highest BCUT2D eigenvalue weighted by Gasteiger charge is 2.23. The van der Waals surface area contributed by atoms with Crippen LogP contribution in [-0.2, 0) is 4.79 Å². The molecule has 1 saturated carbocycles. The van der Waals surface area contributed by atoms with Crippen molar-refractivity contribution in [1.29, 1.82) is 0 Å². The maximum Gasteiger partial charge on any atom is 0.234 e. The van der Waals surface area contributed by atoms with Crippen molar-refractivity contribution < 1.29 is 9.90 Å². The quantitative estimate of drug-likeness (QED) is 0.756. The van der Waals surface area contributed by atoms with Gasteiger partial charge in [-0.05, 0) is 38.6 Å². The molecule has 4 nitrogen and oxygen atoms in total. The Balaban J connectivity index is 2.23. The zero-order chi connectivity index (χ0) is 12.8. The molecule has 17 heavy (non-hydrogen) atoms. The minimum atomic E-state index is -0.130. The van der Waals surface area contributed by atoms with E-state index in [1.807, 2.05) is 7.05 Å². The second-order valence-corrected chi connectivity index (χ2v) is 5.58. The molecule has 0 bridgehead atoms. The summed E-state index contributed by atoms with van der Waals surface area (Å²) in [5.41, 5.74) is 0. The Morgan fingerprint density at radius 1 is 1.35 bits per heavy atom. The van der Waals surface area contributed by atoms with Crippen molar-refractivity contribution in [1.82, 2.24) is 10.2 Å². The summed E-state index contributed by atoms with van der Waals surface area (Å²) in [6, 6.07) is 0.447. The number of aliphatic hydroxyl groups is 1. The van der Waals surface area contributed by atoms with Crippen LogP contribution in [0.1, 0.15) is 39.5 Å². The van der Waals surface area contributed by atoms with Crippen LogP contribution in [0.4, 0.5) is 0 Å². The largest absolute Gasteiger partial charge is 0.393 e. The third kappa shape index (κ3) is 5.50. The molecule has 4 heteroatoms. The first-order chi connectivity index (χ1) is 7.99. The van der Waals surface area contributed by atoms with Gasteiger partial charge in [-0.15, -0.1) is 0 Å². The average molecular weight is 242 g/mol. The summed E-state index contributed by atoms with van der Waals surface area (Å²) in [5, 5.41) is 12.4. The van der Waals surface area contributed by atoms with Crippen molar-refractivity contribution in [3.05, 3.63) is 0 Å². The van der Waals surface area contributed by atoms with Crippen LogP contribution in [0.25, 0.3) is 0 Å². The predicted molar refractivity (Wildman–Crippen MR) is 68.7 cm³/mol. The summed E-state index contributed by atoms with van der Waals surface area (Å²) in [6.07, 6.45) is 3.59. The van der Waals surface area contributed by atoms with Crippen LogP contribution in [0.15, 0.2) is 0 Å². The van der Waals surface area contributed by atoms with Crippen LogP contribution in [0, 0.1) is 5.92 Å². The number of amides is 1. The molecule has 1 aliphatic carbocycles. The lowest BCUT2D eigenvalue weighted by Gasteiger charge is -2.32. The zero-order valence-electron chi connectivity index (χ0n) is 11.3. The van der Waals surface area contributed by atoms with E-state index in [0.717, 1.165) is 32.2 Å². The van der Waals surface area contributed by atoms with Gasteiger partial charge in [0.2, 0.25) is 5.91 Å². The Morgan fingerprint density at radius 2 is 1.94 bits per heavy atom. The standard InChI is InChI=1S/C13H26N2O2/c1-10(2)8-14-13(17)9-15(3)11-4-6-12(16)7-5-11/h10-12,16H,4-9H2,1-3H3,(H,14,17). The van der Waals surface area contributed by atoms with Crippen molar-refractivity contribution in [3.63, 3.8) is 0 Å². The number of carbonyl (C=O) groups is 1. The lowest BCUT2D eigenvalue weighted by atomic mass is 9.92. The fourth-order valence-electron chi connectivity index (χ4n) is 2.23. The highest BCUT2D eigenvalue weighted by molar-refractivity contribution is 5.77. The van der Waals surface area contributed by atoms with E-state index in [4.69, 9.17) is 0 Å². The van der Waals surface area contributed by atoms with Crippen LogP contribution in [0.5, 0.6) is 0 Å². The van der Waals surface area contributed by atoms with Crippen molar-refractivity contribution in [2.24, 2.45) is 5.92 Å².